The lowest BCUT2D eigenvalue weighted by atomic mass is 10.1. The SMILES string of the molecule is COc1cccc(C(=O)OCC(=O)c2cc(C)n(C3CC3)c2C)c1. The minimum atomic E-state index is -0.529. The molecule has 5 heteroatoms. The van der Waals surface area contributed by atoms with E-state index < -0.39 is 5.97 Å². The summed E-state index contributed by atoms with van der Waals surface area (Å²) in [4.78, 5) is 24.5. The van der Waals surface area contributed by atoms with Gasteiger partial charge in [-0.15, -0.1) is 0 Å². The number of ether oxygens (including phenoxy) is 2. The van der Waals surface area contributed by atoms with Crippen molar-refractivity contribution in [2.45, 2.75) is 32.7 Å². The van der Waals surface area contributed by atoms with E-state index in [1.165, 1.54) is 7.11 Å². The minimum absolute atomic E-state index is 0.175. The van der Waals surface area contributed by atoms with Gasteiger partial charge in [-0.2, -0.15) is 0 Å². The maximum absolute atomic E-state index is 12.4. The lowest BCUT2D eigenvalue weighted by Gasteiger charge is -2.08. The largest absolute Gasteiger partial charge is 0.497 e. The number of benzene rings is 1. The molecule has 1 fully saturated rings. The van der Waals surface area contributed by atoms with Crippen LogP contribution >= 0.6 is 0 Å². The second-order valence-electron chi connectivity index (χ2n) is 6.12. The Morgan fingerprint density at radius 2 is 1.96 bits per heavy atom. The molecule has 1 aromatic heterocycles. The lowest BCUT2D eigenvalue weighted by Crippen LogP contribution is -2.15. The van der Waals surface area contributed by atoms with Gasteiger partial charge in [0, 0.05) is 23.0 Å². The predicted molar refractivity (Wildman–Crippen MR) is 89.8 cm³/mol. The van der Waals surface area contributed by atoms with E-state index in [2.05, 4.69) is 4.57 Å². The summed E-state index contributed by atoms with van der Waals surface area (Å²) < 4.78 is 12.5. The quantitative estimate of drug-likeness (QED) is 0.602. The molecule has 1 aromatic carbocycles. The fourth-order valence-electron chi connectivity index (χ4n) is 3.00. The normalized spacial score (nSPS) is 13.6. The molecule has 0 atom stereocenters. The zero-order valence-corrected chi connectivity index (χ0v) is 14.2. The Hall–Kier alpha value is -2.56. The Balaban J connectivity index is 1.67. The van der Waals surface area contributed by atoms with E-state index in [1.807, 2.05) is 19.9 Å². The lowest BCUT2D eigenvalue weighted by molar-refractivity contribution is 0.0474. The van der Waals surface area contributed by atoms with Crippen molar-refractivity contribution in [1.29, 1.82) is 0 Å². The first-order chi connectivity index (χ1) is 11.5. The van der Waals surface area contributed by atoms with Gasteiger partial charge in [-0.3, -0.25) is 4.79 Å². The molecule has 1 aliphatic carbocycles. The van der Waals surface area contributed by atoms with E-state index in [0.717, 1.165) is 24.2 Å². The Morgan fingerprint density at radius 3 is 2.62 bits per heavy atom. The summed E-state index contributed by atoms with van der Waals surface area (Å²) in [7, 11) is 1.53. The third-order valence-electron chi connectivity index (χ3n) is 4.34. The van der Waals surface area contributed by atoms with Crippen molar-refractivity contribution in [3.63, 3.8) is 0 Å². The molecule has 1 heterocycles. The molecule has 2 aromatic rings. The standard InChI is InChI=1S/C19H21NO4/c1-12-9-17(13(2)20(12)15-7-8-15)18(21)11-24-19(22)14-5-4-6-16(10-14)23-3/h4-6,9-10,15H,7-8,11H2,1-3H3. The van der Waals surface area contributed by atoms with E-state index in [9.17, 15) is 9.59 Å². The third kappa shape index (κ3) is 3.20. The number of nitrogens with zero attached hydrogens (tertiary/aromatic N) is 1. The molecule has 0 bridgehead atoms. The number of carbonyl (C=O) groups is 2. The number of aryl methyl sites for hydroxylation is 1. The summed E-state index contributed by atoms with van der Waals surface area (Å²) in [6, 6.07) is 9.08. The molecule has 126 valence electrons. The monoisotopic (exact) mass is 327 g/mol. The highest BCUT2D eigenvalue weighted by molar-refractivity contribution is 6.00. The van der Waals surface area contributed by atoms with Gasteiger partial charge in [0.2, 0.25) is 5.78 Å². The van der Waals surface area contributed by atoms with Crippen molar-refractivity contribution < 1.29 is 19.1 Å². The molecule has 0 aliphatic heterocycles. The molecule has 0 spiro atoms. The molecule has 0 radical (unpaired) electrons. The number of ketones is 1. The number of carbonyl (C=O) groups excluding carboxylic acids is 2. The molecule has 0 N–H and O–H groups in total. The molecule has 5 nitrogen and oxygen atoms in total. The third-order valence-corrected chi connectivity index (χ3v) is 4.34. The number of methoxy groups -OCH3 is 1. The molecular formula is C19H21NO4. The van der Waals surface area contributed by atoms with Gasteiger partial charge in [0.15, 0.2) is 6.61 Å². The van der Waals surface area contributed by atoms with Crippen molar-refractivity contribution in [3.05, 3.63) is 52.8 Å². The van der Waals surface area contributed by atoms with Crippen LogP contribution < -0.4 is 4.74 Å². The highest BCUT2D eigenvalue weighted by Crippen LogP contribution is 2.38. The van der Waals surface area contributed by atoms with Gasteiger partial charge in [0.05, 0.1) is 12.7 Å². The number of aromatic nitrogens is 1. The summed E-state index contributed by atoms with van der Waals surface area (Å²) in [6.45, 7) is 3.69. The fourth-order valence-corrected chi connectivity index (χ4v) is 3.00. The first-order valence-electron chi connectivity index (χ1n) is 8.04. The first kappa shape index (κ1) is 16.3. The number of hydrogen-bond acceptors (Lipinski definition) is 4. The van der Waals surface area contributed by atoms with Gasteiger partial charge in [-0.25, -0.2) is 4.79 Å². The van der Waals surface area contributed by atoms with Crippen LogP contribution in [0, 0.1) is 13.8 Å². The van der Waals surface area contributed by atoms with E-state index >= 15 is 0 Å². The zero-order valence-electron chi connectivity index (χ0n) is 14.2. The number of rotatable bonds is 6. The van der Waals surface area contributed by atoms with Crippen LogP contribution in [0.2, 0.25) is 0 Å². The first-order valence-corrected chi connectivity index (χ1v) is 8.04. The number of Topliss-reactive ketones (excluding diaryl/α,β-unsaturated/α-hetero) is 1. The predicted octanol–water partition coefficient (Wildman–Crippen LogP) is 3.49. The van der Waals surface area contributed by atoms with Crippen LogP contribution in [0.25, 0.3) is 0 Å². The summed E-state index contributed by atoms with van der Waals surface area (Å²) in [5.41, 5.74) is 3.04. The van der Waals surface area contributed by atoms with E-state index in [-0.39, 0.29) is 12.4 Å². The Morgan fingerprint density at radius 1 is 1.21 bits per heavy atom. The van der Waals surface area contributed by atoms with E-state index in [1.54, 1.807) is 24.3 Å². The highest BCUT2D eigenvalue weighted by Gasteiger charge is 2.28. The molecule has 0 saturated heterocycles. The van der Waals surface area contributed by atoms with Gasteiger partial charge < -0.3 is 14.0 Å². The van der Waals surface area contributed by atoms with Crippen LogP contribution in [-0.4, -0.2) is 30.0 Å². The number of esters is 1. The van der Waals surface area contributed by atoms with Crippen molar-refractivity contribution in [3.8, 4) is 5.75 Å². The van der Waals surface area contributed by atoms with Crippen molar-refractivity contribution in [1.82, 2.24) is 4.57 Å². The van der Waals surface area contributed by atoms with Gasteiger partial charge in [-0.05, 0) is 51.0 Å². The fraction of sp³-hybridized carbons (Fsp3) is 0.368. The highest BCUT2D eigenvalue weighted by atomic mass is 16.5. The topological polar surface area (TPSA) is 57.5 Å². The molecule has 24 heavy (non-hydrogen) atoms. The molecule has 0 unspecified atom stereocenters. The summed E-state index contributed by atoms with van der Waals surface area (Å²) in [5, 5.41) is 0. The van der Waals surface area contributed by atoms with Crippen LogP contribution in [0.3, 0.4) is 0 Å². The average molecular weight is 327 g/mol. The van der Waals surface area contributed by atoms with Crippen LogP contribution in [-0.2, 0) is 4.74 Å². The van der Waals surface area contributed by atoms with Crippen molar-refractivity contribution in [2.24, 2.45) is 0 Å². The summed E-state index contributed by atoms with van der Waals surface area (Å²) >= 11 is 0. The maximum Gasteiger partial charge on any atom is 0.338 e. The Kier molecular flexibility index (Phi) is 4.42. The van der Waals surface area contributed by atoms with Crippen LogP contribution in [0.5, 0.6) is 5.75 Å². The molecule has 0 amide bonds. The van der Waals surface area contributed by atoms with Gasteiger partial charge in [-0.1, -0.05) is 6.07 Å². The van der Waals surface area contributed by atoms with Gasteiger partial charge >= 0.3 is 5.97 Å². The maximum atomic E-state index is 12.4. The van der Waals surface area contributed by atoms with Gasteiger partial charge in [0.25, 0.3) is 0 Å². The molecule has 3 rings (SSSR count). The Bertz CT molecular complexity index is 787. The van der Waals surface area contributed by atoms with Crippen molar-refractivity contribution >= 4 is 11.8 Å². The molecule has 1 aliphatic rings. The Labute approximate surface area is 141 Å². The average Bonchev–Trinajstić information content (AvgIpc) is 3.37. The van der Waals surface area contributed by atoms with E-state index in [0.29, 0.717) is 22.9 Å². The molecular weight excluding hydrogens is 306 g/mol. The minimum Gasteiger partial charge on any atom is -0.497 e. The van der Waals surface area contributed by atoms with Crippen LogP contribution in [0.4, 0.5) is 0 Å². The smallest absolute Gasteiger partial charge is 0.338 e. The van der Waals surface area contributed by atoms with Crippen LogP contribution in [0.1, 0.15) is 51.0 Å². The zero-order chi connectivity index (χ0) is 17.3. The molecule has 1 saturated carbocycles. The van der Waals surface area contributed by atoms with Crippen molar-refractivity contribution in [2.75, 3.05) is 13.7 Å². The summed E-state index contributed by atoms with van der Waals surface area (Å²) in [6.07, 6.45) is 2.32. The van der Waals surface area contributed by atoms with Gasteiger partial charge in [0.1, 0.15) is 5.75 Å². The summed E-state index contributed by atoms with van der Waals surface area (Å²) in [5.74, 6) is -0.131. The van der Waals surface area contributed by atoms with Crippen LogP contribution in [0.15, 0.2) is 30.3 Å². The second-order valence-corrected chi connectivity index (χ2v) is 6.12. The van der Waals surface area contributed by atoms with E-state index in [4.69, 9.17) is 9.47 Å². The second kappa shape index (κ2) is 6.51. The number of hydrogen-bond donors (Lipinski definition) is 0.